The highest BCUT2D eigenvalue weighted by atomic mass is 16.7. The summed E-state index contributed by atoms with van der Waals surface area (Å²) in [4.78, 5) is 0. The number of hydrogen-bond donors (Lipinski definition) is 0. The van der Waals surface area contributed by atoms with E-state index in [0.29, 0.717) is 13.2 Å². The van der Waals surface area contributed by atoms with Crippen LogP contribution in [0, 0.1) is 0 Å². The van der Waals surface area contributed by atoms with Gasteiger partial charge >= 0.3 is 0 Å². The summed E-state index contributed by atoms with van der Waals surface area (Å²) < 4.78 is 11.5. The van der Waals surface area contributed by atoms with Gasteiger partial charge in [-0.25, -0.2) is 0 Å². The quantitative estimate of drug-likeness (QED) is 0.440. The third kappa shape index (κ3) is 6.36. The Balaban J connectivity index is 2.84. The summed E-state index contributed by atoms with van der Waals surface area (Å²) in [5, 5.41) is 0. The Morgan fingerprint density at radius 2 is 1.65 bits per heavy atom. The van der Waals surface area contributed by atoms with Crippen LogP contribution in [0.2, 0.25) is 0 Å². The number of unbranched alkanes of at least 4 members (excludes halogenated alkanes) is 2. The van der Waals surface area contributed by atoms with Gasteiger partial charge in [-0.3, -0.25) is 0 Å². The standard InChI is InChI=1S/C18H28O2/c1-4-7-9-14-17(18(19-5-2)20-6-3)15-16-12-10-8-11-13-16/h8,10-13,15,18H,4-7,9,14H2,1-3H3. The third-order valence-corrected chi connectivity index (χ3v) is 3.16. The van der Waals surface area contributed by atoms with Gasteiger partial charge < -0.3 is 9.47 Å². The van der Waals surface area contributed by atoms with Crippen LogP contribution >= 0.6 is 0 Å². The molecule has 0 amide bonds. The molecule has 0 spiro atoms. The van der Waals surface area contributed by atoms with E-state index in [9.17, 15) is 0 Å². The Labute approximate surface area is 123 Å². The molecule has 2 nitrogen and oxygen atoms in total. The van der Waals surface area contributed by atoms with Gasteiger partial charge in [-0.1, -0.05) is 56.2 Å². The van der Waals surface area contributed by atoms with Crippen molar-refractivity contribution in [1.29, 1.82) is 0 Å². The molecule has 0 aliphatic carbocycles. The fourth-order valence-corrected chi connectivity index (χ4v) is 2.17. The minimum atomic E-state index is -0.206. The summed E-state index contributed by atoms with van der Waals surface area (Å²) in [6, 6.07) is 10.4. The zero-order valence-corrected chi connectivity index (χ0v) is 13.1. The van der Waals surface area contributed by atoms with Crippen molar-refractivity contribution in [3.05, 3.63) is 41.5 Å². The first-order chi connectivity index (χ1) is 9.81. The van der Waals surface area contributed by atoms with Crippen molar-refractivity contribution in [3.63, 3.8) is 0 Å². The number of ether oxygens (including phenoxy) is 2. The Bertz CT molecular complexity index is 364. The van der Waals surface area contributed by atoms with Crippen molar-refractivity contribution in [3.8, 4) is 0 Å². The van der Waals surface area contributed by atoms with Gasteiger partial charge in [0.1, 0.15) is 0 Å². The van der Waals surface area contributed by atoms with Crippen molar-refractivity contribution >= 4 is 6.08 Å². The lowest BCUT2D eigenvalue weighted by Gasteiger charge is -2.20. The molecule has 0 bridgehead atoms. The first-order valence-electron chi connectivity index (χ1n) is 7.80. The molecule has 0 aliphatic heterocycles. The highest BCUT2D eigenvalue weighted by Crippen LogP contribution is 2.20. The highest BCUT2D eigenvalue weighted by molar-refractivity contribution is 5.53. The fraction of sp³-hybridized carbons (Fsp3) is 0.556. The van der Waals surface area contributed by atoms with Crippen molar-refractivity contribution in [1.82, 2.24) is 0 Å². The van der Waals surface area contributed by atoms with Crippen LogP contribution in [0.15, 0.2) is 35.9 Å². The van der Waals surface area contributed by atoms with E-state index in [1.165, 1.54) is 30.4 Å². The summed E-state index contributed by atoms with van der Waals surface area (Å²) in [5.74, 6) is 0. The summed E-state index contributed by atoms with van der Waals surface area (Å²) in [6.07, 6.45) is 6.70. The molecule has 0 atom stereocenters. The van der Waals surface area contributed by atoms with E-state index >= 15 is 0 Å². The molecular formula is C18H28O2. The Kier molecular flexibility index (Phi) is 9.01. The number of rotatable bonds is 10. The molecular weight excluding hydrogens is 248 g/mol. The van der Waals surface area contributed by atoms with Crippen molar-refractivity contribution in [2.75, 3.05) is 13.2 Å². The molecule has 0 heterocycles. The van der Waals surface area contributed by atoms with E-state index in [4.69, 9.17) is 9.47 Å². The van der Waals surface area contributed by atoms with E-state index in [1.54, 1.807) is 0 Å². The molecule has 0 aromatic heterocycles. The fourth-order valence-electron chi connectivity index (χ4n) is 2.17. The second-order valence-electron chi connectivity index (χ2n) is 4.83. The Hall–Kier alpha value is -1.12. The van der Waals surface area contributed by atoms with Gasteiger partial charge in [-0.05, 0) is 37.8 Å². The molecule has 0 saturated carbocycles. The smallest absolute Gasteiger partial charge is 0.180 e. The predicted molar refractivity (Wildman–Crippen MR) is 85.6 cm³/mol. The van der Waals surface area contributed by atoms with Gasteiger partial charge in [0, 0.05) is 13.2 Å². The van der Waals surface area contributed by atoms with Crippen LogP contribution in [0.4, 0.5) is 0 Å². The predicted octanol–water partition coefficient (Wildman–Crippen LogP) is 5.05. The maximum absolute atomic E-state index is 5.76. The maximum atomic E-state index is 5.76. The summed E-state index contributed by atoms with van der Waals surface area (Å²) in [5.41, 5.74) is 2.46. The molecule has 0 N–H and O–H groups in total. The van der Waals surface area contributed by atoms with Crippen LogP contribution in [-0.2, 0) is 9.47 Å². The maximum Gasteiger partial charge on any atom is 0.180 e. The average Bonchev–Trinajstić information content (AvgIpc) is 2.47. The molecule has 20 heavy (non-hydrogen) atoms. The van der Waals surface area contributed by atoms with Gasteiger partial charge in [-0.15, -0.1) is 0 Å². The Morgan fingerprint density at radius 1 is 1.00 bits per heavy atom. The van der Waals surface area contributed by atoms with Crippen LogP contribution < -0.4 is 0 Å². The van der Waals surface area contributed by atoms with E-state index < -0.39 is 0 Å². The van der Waals surface area contributed by atoms with Gasteiger partial charge in [0.15, 0.2) is 6.29 Å². The topological polar surface area (TPSA) is 18.5 Å². The molecule has 112 valence electrons. The van der Waals surface area contributed by atoms with Gasteiger partial charge in [0.25, 0.3) is 0 Å². The number of hydrogen-bond acceptors (Lipinski definition) is 2. The largest absolute Gasteiger partial charge is 0.349 e. The molecule has 0 radical (unpaired) electrons. The van der Waals surface area contributed by atoms with Crippen LogP contribution in [0.1, 0.15) is 52.0 Å². The van der Waals surface area contributed by atoms with E-state index in [1.807, 2.05) is 19.9 Å². The first kappa shape index (κ1) is 16.9. The monoisotopic (exact) mass is 276 g/mol. The SMILES string of the molecule is CCCCCC(=Cc1ccccc1)C(OCC)OCC. The average molecular weight is 276 g/mol. The molecule has 0 saturated heterocycles. The minimum absolute atomic E-state index is 0.206. The lowest BCUT2D eigenvalue weighted by Crippen LogP contribution is -2.20. The Morgan fingerprint density at radius 3 is 2.20 bits per heavy atom. The molecule has 2 heteroatoms. The molecule has 0 fully saturated rings. The summed E-state index contributed by atoms with van der Waals surface area (Å²) >= 11 is 0. The molecule has 0 aliphatic rings. The first-order valence-corrected chi connectivity index (χ1v) is 7.80. The lowest BCUT2D eigenvalue weighted by molar-refractivity contribution is -0.112. The summed E-state index contributed by atoms with van der Waals surface area (Å²) in [7, 11) is 0. The van der Waals surface area contributed by atoms with Gasteiger partial charge in [-0.2, -0.15) is 0 Å². The van der Waals surface area contributed by atoms with Crippen LogP contribution in [0.25, 0.3) is 6.08 Å². The zero-order chi connectivity index (χ0) is 14.6. The van der Waals surface area contributed by atoms with Crippen LogP contribution in [0.5, 0.6) is 0 Å². The normalized spacial score (nSPS) is 12.1. The molecule has 1 aromatic carbocycles. The second-order valence-corrected chi connectivity index (χ2v) is 4.83. The lowest BCUT2D eigenvalue weighted by atomic mass is 10.0. The highest BCUT2D eigenvalue weighted by Gasteiger charge is 2.14. The molecule has 1 rings (SSSR count). The van der Waals surface area contributed by atoms with E-state index in [0.717, 1.165) is 6.42 Å². The van der Waals surface area contributed by atoms with Crippen molar-refractivity contribution in [2.45, 2.75) is 52.7 Å². The summed E-state index contributed by atoms with van der Waals surface area (Å²) in [6.45, 7) is 7.59. The van der Waals surface area contributed by atoms with Crippen molar-refractivity contribution < 1.29 is 9.47 Å². The van der Waals surface area contributed by atoms with Crippen molar-refractivity contribution in [2.24, 2.45) is 0 Å². The number of benzene rings is 1. The molecule has 0 unspecified atom stereocenters. The minimum Gasteiger partial charge on any atom is -0.349 e. The van der Waals surface area contributed by atoms with E-state index in [2.05, 4.69) is 37.3 Å². The van der Waals surface area contributed by atoms with Gasteiger partial charge in [0.05, 0.1) is 0 Å². The second kappa shape index (κ2) is 10.6. The van der Waals surface area contributed by atoms with Crippen LogP contribution in [-0.4, -0.2) is 19.5 Å². The molecule has 1 aromatic rings. The van der Waals surface area contributed by atoms with E-state index in [-0.39, 0.29) is 6.29 Å². The van der Waals surface area contributed by atoms with Crippen LogP contribution in [0.3, 0.4) is 0 Å². The van der Waals surface area contributed by atoms with Gasteiger partial charge in [0.2, 0.25) is 0 Å². The third-order valence-electron chi connectivity index (χ3n) is 3.16. The zero-order valence-electron chi connectivity index (χ0n) is 13.1.